The number of nitrogens with zero attached hydrogens (tertiary/aromatic N) is 4. The number of alkyl halides is 2. The lowest BCUT2D eigenvalue weighted by Gasteiger charge is -2.31. The maximum Gasteiger partial charge on any atom is 0.253 e. The summed E-state index contributed by atoms with van der Waals surface area (Å²) in [5.74, 6) is -1.86. The molecule has 1 amide bonds. The summed E-state index contributed by atoms with van der Waals surface area (Å²) in [6.45, 7) is 2.00. The van der Waals surface area contributed by atoms with Gasteiger partial charge in [0.05, 0.1) is 5.69 Å². The van der Waals surface area contributed by atoms with Gasteiger partial charge in [0.25, 0.3) is 11.8 Å². The van der Waals surface area contributed by atoms with E-state index in [1.54, 1.807) is 30.3 Å². The second-order valence-corrected chi connectivity index (χ2v) is 7.40. The van der Waals surface area contributed by atoms with Gasteiger partial charge in [-0.1, -0.05) is 12.1 Å². The highest BCUT2D eigenvalue weighted by Crippen LogP contribution is 2.29. The first kappa shape index (κ1) is 18.6. The van der Waals surface area contributed by atoms with E-state index in [1.807, 2.05) is 0 Å². The fourth-order valence-corrected chi connectivity index (χ4v) is 3.66. The molecule has 6 nitrogen and oxygen atoms in total. The molecule has 0 atom stereocenters. The monoisotopic (exact) mass is 387 g/mol. The molecule has 3 heterocycles. The second kappa shape index (κ2) is 7.33. The number of aromatic nitrogens is 2. The molecule has 0 unspecified atom stereocenters. The zero-order valence-corrected chi connectivity index (χ0v) is 15.6. The third-order valence-corrected chi connectivity index (χ3v) is 5.33. The molecule has 0 radical (unpaired) electrons. The van der Waals surface area contributed by atoms with Crippen molar-refractivity contribution in [3.63, 3.8) is 0 Å². The second-order valence-electron chi connectivity index (χ2n) is 7.40. The molecule has 8 heteroatoms. The Hall–Kier alpha value is -2.77. The van der Waals surface area contributed by atoms with Crippen LogP contribution < -0.4 is 10.6 Å². The van der Waals surface area contributed by atoms with E-state index in [1.165, 1.54) is 4.90 Å². The lowest BCUT2D eigenvalue weighted by atomic mass is 10.0. The van der Waals surface area contributed by atoms with Gasteiger partial charge in [-0.15, -0.1) is 0 Å². The fourth-order valence-electron chi connectivity index (χ4n) is 3.66. The number of likely N-dealkylation sites (tertiary alicyclic amines) is 1. The predicted molar refractivity (Wildman–Crippen MR) is 103 cm³/mol. The van der Waals surface area contributed by atoms with Crippen LogP contribution in [0, 0.1) is 0 Å². The van der Waals surface area contributed by atoms with Crippen molar-refractivity contribution < 1.29 is 13.6 Å². The van der Waals surface area contributed by atoms with Gasteiger partial charge < -0.3 is 15.5 Å². The number of hydrogen-bond donors (Lipinski definition) is 1. The highest BCUT2D eigenvalue weighted by atomic mass is 19.3. The van der Waals surface area contributed by atoms with Crippen LogP contribution in [0.15, 0.2) is 30.3 Å². The molecule has 2 fully saturated rings. The Morgan fingerprint density at radius 3 is 2.29 bits per heavy atom. The van der Waals surface area contributed by atoms with Gasteiger partial charge in [0.15, 0.2) is 0 Å². The standard InChI is InChI=1S/C20H23F2N5O/c21-20(22)7-11-26(12-8-20)18(28)15-5-3-14(4-6-15)16-13-17(23)25-19(24-16)27-9-1-2-10-27/h3-6,13H,1-2,7-12H2,(H2,23,24,25). The van der Waals surface area contributed by atoms with Crippen LogP contribution in [-0.2, 0) is 0 Å². The molecular weight excluding hydrogens is 364 g/mol. The van der Waals surface area contributed by atoms with Crippen molar-refractivity contribution >= 4 is 17.7 Å². The first-order valence-corrected chi connectivity index (χ1v) is 9.58. The van der Waals surface area contributed by atoms with Crippen molar-refractivity contribution in [2.45, 2.75) is 31.6 Å². The van der Waals surface area contributed by atoms with Crippen LogP contribution in [0.4, 0.5) is 20.5 Å². The summed E-state index contributed by atoms with van der Waals surface area (Å²) in [5, 5.41) is 0. The number of benzene rings is 1. The minimum absolute atomic E-state index is 0.0786. The van der Waals surface area contributed by atoms with Gasteiger partial charge in [0.2, 0.25) is 5.95 Å². The average molecular weight is 387 g/mol. The van der Waals surface area contributed by atoms with Crippen LogP contribution >= 0.6 is 0 Å². The van der Waals surface area contributed by atoms with E-state index in [-0.39, 0.29) is 31.8 Å². The number of hydrogen-bond acceptors (Lipinski definition) is 5. The number of rotatable bonds is 3. The molecule has 1 aromatic heterocycles. The van der Waals surface area contributed by atoms with Crippen molar-refractivity contribution in [2.24, 2.45) is 0 Å². The zero-order valence-electron chi connectivity index (χ0n) is 15.6. The highest BCUT2D eigenvalue weighted by Gasteiger charge is 2.35. The van der Waals surface area contributed by atoms with Crippen LogP contribution in [-0.4, -0.2) is 52.9 Å². The largest absolute Gasteiger partial charge is 0.384 e. The molecule has 2 aromatic rings. The maximum absolute atomic E-state index is 13.3. The van der Waals surface area contributed by atoms with Crippen molar-refractivity contribution in [2.75, 3.05) is 36.8 Å². The normalized spacial score (nSPS) is 19.1. The first-order valence-electron chi connectivity index (χ1n) is 9.58. The molecule has 2 N–H and O–H groups in total. The van der Waals surface area contributed by atoms with Gasteiger partial charge in [-0.25, -0.2) is 13.8 Å². The number of carbonyl (C=O) groups is 1. The van der Waals surface area contributed by atoms with Gasteiger partial charge in [0, 0.05) is 56.2 Å². The van der Waals surface area contributed by atoms with Crippen LogP contribution in [0.3, 0.4) is 0 Å². The summed E-state index contributed by atoms with van der Waals surface area (Å²) in [4.78, 5) is 25.1. The molecule has 2 saturated heterocycles. The molecule has 0 spiro atoms. The Morgan fingerprint density at radius 2 is 1.64 bits per heavy atom. The molecule has 0 saturated carbocycles. The molecular formula is C20H23F2N5O. The minimum atomic E-state index is -2.67. The summed E-state index contributed by atoms with van der Waals surface area (Å²) in [7, 11) is 0. The van der Waals surface area contributed by atoms with Gasteiger partial charge in [-0.05, 0) is 25.0 Å². The van der Waals surface area contributed by atoms with Crippen molar-refractivity contribution in [3.05, 3.63) is 35.9 Å². The molecule has 2 aliphatic heterocycles. The molecule has 2 aliphatic rings. The Morgan fingerprint density at radius 1 is 1.00 bits per heavy atom. The quantitative estimate of drug-likeness (QED) is 0.875. The molecule has 0 aliphatic carbocycles. The fraction of sp³-hybridized carbons (Fsp3) is 0.450. The van der Waals surface area contributed by atoms with Gasteiger partial charge in [-0.3, -0.25) is 4.79 Å². The van der Waals surface area contributed by atoms with Crippen molar-refractivity contribution in [1.29, 1.82) is 0 Å². The van der Waals surface area contributed by atoms with Gasteiger partial charge >= 0.3 is 0 Å². The van der Waals surface area contributed by atoms with Gasteiger partial charge in [-0.2, -0.15) is 4.98 Å². The van der Waals surface area contributed by atoms with Gasteiger partial charge in [0.1, 0.15) is 5.82 Å². The van der Waals surface area contributed by atoms with Crippen molar-refractivity contribution in [3.8, 4) is 11.3 Å². The zero-order chi connectivity index (χ0) is 19.7. The van der Waals surface area contributed by atoms with E-state index in [0.29, 0.717) is 23.0 Å². The molecule has 148 valence electrons. The summed E-state index contributed by atoms with van der Waals surface area (Å²) in [6, 6.07) is 8.74. The Labute approximate surface area is 162 Å². The molecule has 28 heavy (non-hydrogen) atoms. The Bertz CT molecular complexity index is 855. The van der Waals surface area contributed by atoms with E-state index in [4.69, 9.17) is 5.73 Å². The summed E-state index contributed by atoms with van der Waals surface area (Å²) in [6.07, 6.45) is 1.67. The number of nitrogen functional groups attached to an aromatic ring is 1. The third kappa shape index (κ3) is 3.90. The van der Waals surface area contributed by atoms with E-state index >= 15 is 0 Å². The number of halogens is 2. The number of nitrogens with two attached hydrogens (primary N) is 1. The topological polar surface area (TPSA) is 75.4 Å². The summed E-state index contributed by atoms with van der Waals surface area (Å²) >= 11 is 0. The van der Waals surface area contributed by atoms with Crippen LogP contribution in [0.5, 0.6) is 0 Å². The number of anilines is 2. The van der Waals surface area contributed by atoms with E-state index in [2.05, 4.69) is 14.9 Å². The lowest BCUT2D eigenvalue weighted by Crippen LogP contribution is -2.42. The Balaban J connectivity index is 1.51. The van der Waals surface area contributed by atoms with Crippen LogP contribution in [0.2, 0.25) is 0 Å². The Kier molecular flexibility index (Phi) is 4.87. The number of amides is 1. The SMILES string of the molecule is Nc1cc(-c2ccc(C(=O)N3CCC(F)(F)CC3)cc2)nc(N2CCCC2)n1. The number of carbonyl (C=O) groups excluding carboxylic acids is 1. The van der Waals surface area contributed by atoms with E-state index in [9.17, 15) is 13.6 Å². The smallest absolute Gasteiger partial charge is 0.253 e. The maximum atomic E-state index is 13.3. The van der Waals surface area contributed by atoms with Crippen LogP contribution in [0.1, 0.15) is 36.0 Å². The number of piperidine rings is 1. The summed E-state index contributed by atoms with van der Waals surface area (Å²) in [5.41, 5.74) is 7.97. The third-order valence-electron chi connectivity index (χ3n) is 5.33. The predicted octanol–water partition coefficient (Wildman–Crippen LogP) is 3.20. The molecule has 0 bridgehead atoms. The minimum Gasteiger partial charge on any atom is -0.384 e. The average Bonchev–Trinajstić information content (AvgIpc) is 3.22. The summed E-state index contributed by atoms with van der Waals surface area (Å²) < 4.78 is 26.6. The lowest BCUT2D eigenvalue weighted by molar-refractivity contribution is -0.0494. The van der Waals surface area contributed by atoms with E-state index in [0.717, 1.165) is 31.5 Å². The molecule has 4 rings (SSSR count). The molecule has 1 aromatic carbocycles. The van der Waals surface area contributed by atoms with Crippen molar-refractivity contribution in [1.82, 2.24) is 14.9 Å². The van der Waals surface area contributed by atoms with Crippen LogP contribution in [0.25, 0.3) is 11.3 Å². The highest BCUT2D eigenvalue weighted by molar-refractivity contribution is 5.94. The first-order chi connectivity index (χ1) is 13.4. The van der Waals surface area contributed by atoms with E-state index < -0.39 is 5.92 Å².